The van der Waals surface area contributed by atoms with E-state index in [9.17, 15) is 10.2 Å². The molecule has 0 amide bonds. The van der Waals surface area contributed by atoms with Gasteiger partial charge in [0.2, 0.25) is 0 Å². The van der Waals surface area contributed by atoms with Gasteiger partial charge in [-0.1, -0.05) is 46.2 Å². The second-order valence-corrected chi connectivity index (χ2v) is 10.6. The molecule has 5 heterocycles. The highest BCUT2D eigenvalue weighted by molar-refractivity contribution is 8.00. The number of pyridine rings is 2. The van der Waals surface area contributed by atoms with Gasteiger partial charge in [-0.2, -0.15) is 0 Å². The lowest BCUT2D eigenvalue weighted by atomic mass is 9.97. The lowest BCUT2D eigenvalue weighted by Gasteiger charge is -2.43. The van der Waals surface area contributed by atoms with Crippen LogP contribution >= 0.6 is 46.3 Å². The van der Waals surface area contributed by atoms with Crippen molar-refractivity contribution < 1.29 is 19.7 Å². The van der Waals surface area contributed by atoms with E-state index in [1.54, 1.807) is 30.0 Å². The molecule has 5 rings (SSSR count). The standard InChI is InChI=1S/C22H20Cl2N6O4S2/c1-33-20-18(30-8-13(28-29-30)21-27-16(24)10-35-21)19(32)14(9-31)34-22(20)36-15-6-11(23)7-26-17(15)12-4-2-3-5-25-12/h2-8,10,14,18-20,22,31-32H,9H2,1H3. The Bertz CT molecular complexity index is 1330. The van der Waals surface area contributed by atoms with Gasteiger partial charge >= 0.3 is 0 Å². The molecule has 4 aromatic heterocycles. The first kappa shape index (κ1) is 25.5. The first-order valence-electron chi connectivity index (χ1n) is 10.7. The number of thiazole rings is 1. The number of hydrogen-bond donors (Lipinski definition) is 2. The van der Waals surface area contributed by atoms with Crippen LogP contribution in [-0.2, 0) is 9.47 Å². The van der Waals surface area contributed by atoms with Gasteiger partial charge in [0.05, 0.1) is 23.5 Å². The van der Waals surface area contributed by atoms with Crippen LogP contribution in [0.5, 0.6) is 0 Å². The quantitative estimate of drug-likeness (QED) is 0.342. The fourth-order valence-corrected chi connectivity index (χ4v) is 6.37. The summed E-state index contributed by atoms with van der Waals surface area (Å²) < 4.78 is 13.4. The Morgan fingerprint density at radius 1 is 1.25 bits per heavy atom. The van der Waals surface area contributed by atoms with Crippen molar-refractivity contribution >= 4 is 46.3 Å². The summed E-state index contributed by atoms with van der Waals surface area (Å²) in [5.41, 5.74) is 1.13. The Hall–Kier alpha value is -2.16. The number of nitrogens with zero attached hydrogens (tertiary/aromatic N) is 6. The van der Waals surface area contributed by atoms with Crippen LogP contribution in [-0.4, -0.2) is 77.6 Å². The number of aliphatic hydroxyl groups is 2. The van der Waals surface area contributed by atoms with Crippen molar-refractivity contribution in [3.63, 3.8) is 0 Å². The summed E-state index contributed by atoms with van der Waals surface area (Å²) in [4.78, 5) is 13.8. The van der Waals surface area contributed by atoms with Crippen LogP contribution in [0.15, 0.2) is 53.1 Å². The lowest BCUT2D eigenvalue weighted by Crippen LogP contribution is -2.55. The minimum Gasteiger partial charge on any atom is -0.394 e. The molecule has 0 aliphatic carbocycles. The van der Waals surface area contributed by atoms with Crippen molar-refractivity contribution in [3.05, 3.63) is 58.4 Å². The predicted molar refractivity (Wildman–Crippen MR) is 136 cm³/mol. The molecule has 5 atom stereocenters. The lowest BCUT2D eigenvalue weighted by molar-refractivity contribution is -0.186. The normalized spacial score (nSPS) is 24.2. The molecule has 1 aliphatic rings. The SMILES string of the molecule is COC1C(Sc2cc(Cl)cnc2-c2ccccn2)OC(CO)C(O)C1n1cc(-c2nc(Cl)cs2)nn1. The maximum Gasteiger partial charge on any atom is 0.147 e. The van der Waals surface area contributed by atoms with Gasteiger partial charge < -0.3 is 19.7 Å². The van der Waals surface area contributed by atoms with Crippen LogP contribution in [0.25, 0.3) is 22.1 Å². The summed E-state index contributed by atoms with van der Waals surface area (Å²) in [7, 11) is 1.52. The average molecular weight is 567 g/mol. The molecule has 36 heavy (non-hydrogen) atoms. The molecule has 4 aromatic rings. The second kappa shape index (κ2) is 11.1. The van der Waals surface area contributed by atoms with Gasteiger partial charge in [-0.05, 0) is 18.2 Å². The van der Waals surface area contributed by atoms with Crippen molar-refractivity contribution in [3.8, 4) is 22.1 Å². The van der Waals surface area contributed by atoms with Crippen molar-refractivity contribution in [2.24, 2.45) is 0 Å². The number of ether oxygens (including phenoxy) is 2. The van der Waals surface area contributed by atoms with E-state index in [4.69, 9.17) is 32.7 Å². The molecule has 1 saturated heterocycles. The number of thioether (sulfide) groups is 1. The zero-order valence-electron chi connectivity index (χ0n) is 18.7. The van der Waals surface area contributed by atoms with Gasteiger partial charge in [0, 0.05) is 29.8 Å². The van der Waals surface area contributed by atoms with Crippen molar-refractivity contribution in [2.75, 3.05) is 13.7 Å². The van der Waals surface area contributed by atoms with Crippen molar-refractivity contribution in [1.82, 2.24) is 29.9 Å². The number of halogens is 2. The maximum atomic E-state index is 11.1. The maximum absolute atomic E-state index is 11.1. The fraction of sp³-hybridized carbons (Fsp3) is 0.318. The third-order valence-corrected chi connectivity index (χ3v) is 8.15. The Balaban J connectivity index is 1.49. The smallest absolute Gasteiger partial charge is 0.147 e. The molecule has 14 heteroatoms. The third kappa shape index (κ3) is 5.13. The van der Waals surface area contributed by atoms with Gasteiger partial charge in [0.25, 0.3) is 0 Å². The van der Waals surface area contributed by atoms with Gasteiger partial charge in [-0.25, -0.2) is 9.67 Å². The molecule has 10 nitrogen and oxygen atoms in total. The minimum atomic E-state index is -1.13. The number of rotatable bonds is 7. The van der Waals surface area contributed by atoms with Crippen molar-refractivity contribution in [1.29, 1.82) is 0 Å². The van der Waals surface area contributed by atoms with E-state index in [-0.39, 0.29) is 0 Å². The van der Waals surface area contributed by atoms with E-state index in [1.807, 2.05) is 18.2 Å². The van der Waals surface area contributed by atoms with Crippen molar-refractivity contribution in [2.45, 2.75) is 34.7 Å². The number of aliphatic hydroxyl groups excluding tert-OH is 2. The molecule has 1 fully saturated rings. The van der Waals surface area contributed by atoms with E-state index in [2.05, 4.69) is 25.3 Å². The van der Waals surface area contributed by atoms with Gasteiger partial charge in [0.1, 0.15) is 51.3 Å². The summed E-state index contributed by atoms with van der Waals surface area (Å²) >= 11 is 14.9. The molecule has 0 saturated carbocycles. The molecule has 5 unspecified atom stereocenters. The Morgan fingerprint density at radius 3 is 2.81 bits per heavy atom. The third-order valence-electron chi connectivity index (χ3n) is 5.58. The van der Waals surface area contributed by atoms with Crippen LogP contribution < -0.4 is 0 Å². The monoisotopic (exact) mass is 566 g/mol. The minimum absolute atomic E-state index is 0.362. The Morgan fingerprint density at radius 2 is 2.11 bits per heavy atom. The van der Waals surface area contributed by atoms with Gasteiger partial charge in [-0.3, -0.25) is 9.97 Å². The molecule has 0 radical (unpaired) electrons. The zero-order valence-corrected chi connectivity index (χ0v) is 21.8. The van der Waals surface area contributed by atoms with Crippen LogP contribution in [0, 0.1) is 0 Å². The highest BCUT2D eigenvalue weighted by Crippen LogP contribution is 2.42. The van der Waals surface area contributed by atoms with Crippen LogP contribution in [0.3, 0.4) is 0 Å². The molecule has 1 aliphatic heterocycles. The first-order chi connectivity index (χ1) is 17.5. The van der Waals surface area contributed by atoms with Crippen LogP contribution in [0.1, 0.15) is 6.04 Å². The summed E-state index contributed by atoms with van der Waals surface area (Å²) in [6, 6.07) is 6.59. The van der Waals surface area contributed by atoms with E-state index in [1.165, 1.54) is 34.9 Å². The molecule has 0 spiro atoms. The van der Waals surface area contributed by atoms with E-state index >= 15 is 0 Å². The number of methoxy groups -OCH3 is 1. The van der Waals surface area contributed by atoms with Gasteiger partial charge in [-0.15, -0.1) is 16.4 Å². The predicted octanol–water partition coefficient (Wildman–Crippen LogP) is 3.59. The van der Waals surface area contributed by atoms with Gasteiger partial charge in [0.15, 0.2) is 0 Å². The number of aromatic nitrogens is 6. The number of hydrogen-bond acceptors (Lipinski definition) is 11. The van der Waals surface area contributed by atoms with Crippen LogP contribution in [0.4, 0.5) is 0 Å². The summed E-state index contributed by atoms with van der Waals surface area (Å²) in [5.74, 6) is 0. The van der Waals surface area contributed by atoms with E-state index in [0.29, 0.717) is 37.2 Å². The average Bonchev–Trinajstić information content (AvgIpc) is 3.54. The Kier molecular flexibility index (Phi) is 7.84. The molecular weight excluding hydrogens is 547 g/mol. The van der Waals surface area contributed by atoms with E-state index in [0.717, 1.165) is 0 Å². The Labute approximate surface area is 224 Å². The summed E-state index contributed by atoms with van der Waals surface area (Å²) in [6.45, 7) is -0.407. The van der Waals surface area contributed by atoms with E-state index < -0.39 is 36.4 Å². The summed E-state index contributed by atoms with van der Waals surface area (Å²) in [6.07, 6.45) is 2.19. The molecule has 188 valence electrons. The largest absolute Gasteiger partial charge is 0.394 e. The highest BCUT2D eigenvalue weighted by atomic mass is 35.5. The fourth-order valence-electron chi connectivity index (χ4n) is 3.93. The zero-order chi connectivity index (χ0) is 25.2. The highest BCUT2D eigenvalue weighted by Gasteiger charge is 2.47. The molecule has 0 bridgehead atoms. The summed E-state index contributed by atoms with van der Waals surface area (Å²) in [5, 5.41) is 32.6. The molecular formula is C22H20Cl2N6O4S2. The first-order valence-corrected chi connectivity index (χ1v) is 13.2. The second-order valence-electron chi connectivity index (χ2n) is 7.80. The molecule has 2 N–H and O–H groups in total. The topological polar surface area (TPSA) is 128 Å². The molecule has 0 aromatic carbocycles. The van der Waals surface area contributed by atoms with Crippen LogP contribution in [0.2, 0.25) is 10.2 Å².